The zero-order chi connectivity index (χ0) is 23.5. The van der Waals surface area contributed by atoms with Crippen molar-refractivity contribution in [2.75, 3.05) is 44.2 Å². The monoisotopic (exact) mass is 458 g/mol. The lowest BCUT2D eigenvalue weighted by Gasteiger charge is -2.36. The highest BCUT2D eigenvalue weighted by Crippen LogP contribution is 2.29. The molecule has 2 saturated heterocycles. The highest BCUT2D eigenvalue weighted by molar-refractivity contribution is 6.01. The van der Waals surface area contributed by atoms with E-state index in [1.54, 1.807) is 11.0 Å². The summed E-state index contributed by atoms with van der Waals surface area (Å²) in [5, 5.41) is 11.3. The number of rotatable bonds is 4. The number of amides is 2. The van der Waals surface area contributed by atoms with Gasteiger partial charge in [-0.05, 0) is 43.5 Å². The van der Waals surface area contributed by atoms with Gasteiger partial charge in [-0.1, -0.05) is 0 Å². The van der Waals surface area contributed by atoms with Gasteiger partial charge in [0.1, 0.15) is 0 Å². The molecule has 2 aromatic carbocycles. The fraction of sp³-hybridized carbons (Fsp3) is 0.391. The molecule has 2 aromatic rings. The molecule has 2 aliphatic rings. The minimum atomic E-state index is -1.09. The largest absolute Gasteiger partial charge is 0.371 e. The van der Waals surface area contributed by atoms with E-state index in [1.807, 2.05) is 0 Å². The standard InChI is InChI=1S/C23H24F2N4O4/c24-19-6-4-16(14-20(19)25)22(30)27-10-12-28(13-11-27)23(31)18-15-17(29(32)33)5-7-21(18)26-8-2-1-3-9-26/h4-7,14-15H,1-3,8-13H2. The smallest absolute Gasteiger partial charge is 0.270 e. The van der Waals surface area contributed by atoms with Gasteiger partial charge in [-0.2, -0.15) is 0 Å². The van der Waals surface area contributed by atoms with Crippen LogP contribution in [0.5, 0.6) is 0 Å². The first-order valence-corrected chi connectivity index (χ1v) is 10.9. The summed E-state index contributed by atoms with van der Waals surface area (Å²) in [5.41, 5.74) is 0.864. The SMILES string of the molecule is O=C(c1ccc(F)c(F)c1)N1CCN(C(=O)c2cc([N+](=O)[O-])ccc2N2CCCCC2)CC1. The van der Waals surface area contributed by atoms with Gasteiger partial charge in [0.2, 0.25) is 0 Å². The number of hydrogen-bond donors (Lipinski definition) is 0. The van der Waals surface area contributed by atoms with Gasteiger partial charge < -0.3 is 14.7 Å². The number of non-ortho nitro benzene ring substituents is 1. The highest BCUT2D eigenvalue weighted by atomic mass is 19.2. The predicted octanol–water partition coefficient (Wildman–Crippen LogP) is 3.46. The third-order valence-electron chi connectivity index (χ3n) is 6.14. The van der Waals surface area contributed by atoms with E-state index in [9.17, 15) is 28.5 Å². The molecule has 2 fully saturated rings. The molecular weight excluding hydrogens is 434 g/mol. The van der Waals surface area contributed by atoms with Crippen molar-refractivity contribution in [3.05, 3.63) is 69.3 Å². The molecule has 174 valence electrons. The molecule has 0 spiro atoms. The number of carbonyl (C=O) groups is 2. The molecule has 0 N–H and O–H groups in total. The number of hydrogen-bond acceptors (Lipinski definition) is 5. The van der Waals surface area contributed by atoms with E-state index in [2.05, 4.69) is 4.90 Å². The lowest BCUT2D eigenvalue weighted by atomic mass is 10.0. The van der Waals surface area contributed by atoms with Crippen molar-refractivity contribution in [2.45, 2.75) is 19.3 Å². The maximum absolute atomic E-state index is 13.5. The highest BCUT2D eigenvalue weighted by Gasteiger charge is 2.29. The molecule has 0 unspecified atom stereocenters. The summed E-state index contributed by atoms with van der Waals surface area (Å²) in [6.07, 6.45) is 3.10. The Morgan fingerprint density at radius 2 is 1.42 bits per heavy atom. The minimum absolute atomic E-state index is 0.0414. The molecule has 33 heavy (non-hydrogen) atoms. The Morgan fingerprint density at radius 1 is 0.788 bits per heavy atom. The third-order valence-corrected chi connectivity index (χ3v) is 6.14. The number of nitrogens with zero attached hydrogens (tertiary/aromatic N) is 4. The lowest BCUT2D eigenvalue weighted by Crippen LogP contribution is -2.50. The Hall–Kier alpha value is -3.56. The van der Waals surface area contributed by atoms with Gasteiger partial charge in [-0.15, -0.1) is 0 Å². The van der Waals surface area contributed by atoms with Crippen molar-refractivity contribution in [3.8, 4) is 0 Å². The summed E-state index contributed by atoms with van der Waals surface area (Å²) >= 11 is 0. The maximum Gasteiger partial charge on any atom is 0.270 e. The molecule has 0 saturated carbocycles. The number of anilines is 1. The Balaban J connectivity index is 1.49. The maximum atomic E-state index is 13.5. The number of nitro groups is 1. The summed E-state index contributed by atoms with van der Waals surface area (Å²) in [7, 11) is 0. The van der Waals surface area contributed by atoms with Crippen molar-refractivity contribution < 1.29 is 23.3 Å². The van der Waals surface area contributed by atoms with Crippen LogP contribution >= 0.6 is 0 Å². The first kappa shape index (κ1) is 22.6. The second-order valence-electron chi connectivity index (χ2n) is 8.22. The van der Waals surface area contributed by atoms with Gasteiger partial charge in [-0.3, -0.25) is 19.7 Å². The summed E-state index contributed by atoms with van der Waals surface area (Å²) in [5.74, 6) is -2.88. The van der Waals surface area contributed by atoms with Crippen LogP contribution in [0.4, 0.5) is 20.2 Å². The Labute approximate surface area is 189 Å². The van der Waals surface area contributed by atoms with E-state index in [0.29, 0.717) is 5.69 Å². The van der Waals surface area contributed by atoms with Crippen molar-refractivity contribution in [1.82, 2.24) is 9.80 Å². The van der Waals surface area contributed by atoms with Crippen LogP contribution in [0.15, 0.2) is 36.4 Å². The van der Waals surface area contributed by atoms with E-state index in [4.69, 9.17) is 0 Å². The first-order valence-electron chi connectivity index (χ1n) is 10.9. The predicted molar refractivity (Wildman–Crippen MR) is 117 cm³/mol. The number of nitro benzene ring substituents is 1. The van der Waals surface area contributed by atoms with E-state index < -0.39 is 22.5 Å². The number of piperidine rings is 1. The van der Waals surface area contributed by atoms with Gasteiger partial charge in [0, 0.05) is 57.0 Å². The minimum Gasteiger partial charge on any atom is -0.371 e. The number of benzene rings is 2. The molecule has 0 bridgehead atoms. The molecule has 8 nitrogen and oxygen atoms in total. The average molecular weight is 458 g/mol. The van der Waals surface area contributed by atoms with Gasteiger partial charge in [0.25, 0.3) is 17.5 Å². The average Bonchev–Trinajstić information content (AvgIpc) is 2.85. The van der Waals surface area contributed by atoms with Crippen LogP contribution in [0, 0.1) is 21.7 Å². The van der Waals surface area contributed by atoms with E-state index in [-0.39, 0.29) is 48.9 Å². The first-order chi connectivity index (χ1) is 15.8. The molecule has 4 rings (SSSR count). The summed E-state index contributed by atoms with van der Waals surface area (Å²) in [4.78, 5) is 41.9. The van der Waals surface area contributed by atoms with E-state index in [0.717, 1.165) is 44.5 Å². The van der Waals surface area contributed by atoms with E-state index in [1.165, 1.54) is 23.1 Å². The van der Waals surface area contributed by atoms with Crippen LogP contribution in [0.2, 0.25) is 0 Å². The summed E-state index contributed by atoms with van der Waals surface area (Å²) in [6.45, 7) is 2.48. The fourth-order valence-electron chi connectivity index (χ4n) is 4.31. The molecule has 0 aromatic heterocycles. The molecule has 2 amide bonds. The van der Waals surface area contributed by atoms with Gasteiger partial charge >= 0.3 is 0 Å². The van der Waals surface area contributed by atoms with E-state index >= 15 is 0 Å². The zero-order valence-corrected chi connectivity index (χ0v) is 18.0. The van der Waals surface area contributed by atoms with Gasteiger partial charge in [0.15, 0.2) is 11.6 Å². The normalized spacial score (nSPS) is 16.6. The molecule has 2 aliphatic heterocycles. The second kappa shape index (κ2) is 9.51. The van der Waals surface area contributed by atoms with Crippen molar-refractivity contribution >= 4 is 23.2 Å². The molecule has 0 radical (unpaired) electrons. The fourth-order valence-corrected chi connectivity index (χ4v) is 4.31. The van der Waals surface area contributed by atoms with Crippen LogP contribution in [-0.4, -0.2) is 65.8 Å². The molecule has 0 atom stereocenters. The summed E-state index contributed by atoms with van der Waals surface area (Å²) < 4.78 is 26.7. The lowest BCUT2D eigenvalue weighted by molar-refractivity contribution is -0.384. The molecule has 2 heterocycles. The van der Waals surface area contributed by atoms with Crippen LogP contribution in [-0.2, 0) is 0 Å². The van der Waals surface area contributed by atoms with Crippen molar-refractivity contribution in [1.29, 1.82) is 0 Å². The van der Waals surface area contributed by atoms with Crippen molar-refractivity contribution in [2.24, 2.45) is 0 Å². The second-order valence-corrected chi connectivity index (χ2v) is 8.22. The molecular formula is C23H24F2N4O4. The topological polar surface area (TPSA) is 87.0 Å². The Morgan fingerprint density at radius 3 is 2.03 bits per heavy atom. The number of piperazine rings is 1. The van der Waals surface area contributed by atoms with Crippen molar-refractivity contribution in [3.63, 3.8) is 0 Å². The summed E-state index contributed by atoms with van der Waals surface area (Å²) in [6, 6.07) is 7.38. The van der Waals surface area contributed by atoms with Crippen LogP contribution < -0.4 is 4.90 Å². The molecule has 10 heteroatoms. The molecule has 0 aliphatic carbocycles. The Kier molecular flexibility index (Phi) is 6.52. The zero-order valence-electron chi connectivity index (χ0n) is 18.0. The van der Waals surface area contributed by atoms with Gasteiger partial charge in [0.05, 0.1) is 16.2 Å². The van der Waals surface area contributed by atoms with Crippen LogP contribution in [0.3, 0.4) is 0 Å². The Bertz CT molecular complexity index is 1080. The van der Waals surface area contributed by atoms with Crippen LogP contribution in [0.1, 0.15) is 40.0 Å². The third kappa shape index (κ3) is 4.79. The number of carbonyl (C=O) groups excluding carboxylic acids is 2. The number of halogens is 2. The quantitative estimate of drug-likeness (QED) is 0.517. The van der Waals surface area contributed by atoms with Gasteiger partial charge in [-0.25, -0.2) is 8.78 Å². The van der Waals surface area contributed by atoms with Crippen LogP contribution in [0.25, 0.3) is 0 Å².